The fraction of sp³-hybridized carbons (Fsp3) is 0.583. The van der Waals surface area contributed by atoms with E-state index in [1.807, 2.05) is 0 Å². The van der Waals surface area contributed by atoms with Gasteiger partial charge in [-0.1, -0.05) is 5.92 Å². The third kappa shape index (κ3) is 2.49. The summed E-state index contributed by atoms with van der Waals surface area (Å²) in [6, 6.07) is 0. The molecule has 1 aliphatic rings. The van der Waals surface area contributed by atoms with Crippen LogP contribution in [0.1, 0.15) is 20.1 Å². The van der Waals surface area contributed by atoms with Crippen LogP contribution in [0.3, 0.4) is 0 Å². The predicted molar refractivity (Wildman–Crippen MR) is 69.6 cm³/mol. The SMILES string of the molecule is CC#C[C@@]1(F)C(O)[C@@H]([C@H](C)O)O[C@H]1n1cnc(N)nc1=O. The highest BCUT2D eigenvalue weighted by Gasteiger charge is 2.59. The molecule has 0 saturated carbocycles. The van der Waals surface area contributed by atoms with Crippen LogP contribution in [0.15, 0.2) is 11.1 Å². The van der Waals surface area contributed by atoms with E-state index in [1.165, 1.54) is 13.8 Å². The minimum atomic E-state index is -2.58. The number of halogens is 1. The molecule has 2 rings (SSSR count). The Bertz CT molecular complexity index is 653. The van der Waals surface area contributed by atoms with Crippen LogP contribution >= 0.6 is 0 Å². The molecule has 0 aliphatic carbocycles. The number of aromatic nitrogens is 3. The average Bonchev–Trinajstić information content (AvgIpc) is 2.64. The van der Waals surface area contributed by atoms with E-state index in [1.54, 1.807) is 0 Å². The molecule has 21 heavy (non-hydrogen) atoms. The molecule has 9 heteroatoms. The maximum atomic E-state index is 15.0. The van der Waals surface area contributed by atoms with Crippen molar-refractivity contribution < 1.29 is 19.3 Å². The van der Waals surface area contributed by atoms with E-state index >= 15 is 4.39 Å². The van der Waals surface area contributed by atoms with Gasteiger partial charge in [0, 0.05) is 0 Å². The van der Waals surface area contributed by atoms with E-state index in [2.05, 4.69) is 21.8 Å². The van der Waals surface area contributed by atoms with Gasteiger partial charge in [-0.2, -0.15) is 4.98 Å². The summed E-state index contributed by atoms with van der Waals surface area (Å²) in [7, 11) is 0. The van der Waals surface area contributed by atoms with Crippen molar-refractivity contribution in [2.24, 2.45) is 0 Å². The van der Waals surface area contributed by atoms with Crippen LogP contribution in [0.5, 0.6) is 0 Å². The van der Waals surface area contributed by atoms with Crippen LogP contribution in [-0.4, -0.2) is 48.7 Å². The zero-order valence-corrected chi connectivity index (χ0v) is 11.4. The van der Waals surface area contributed by atoms with Gasteiger partial charge in [0.2, 0.25) is 11.6 Å². The normalized spacial score (nSPS) is 33.3. The van der Waals surface area contributed by atoms with Gasteiger partial charge in [0.25, 0.3) is 0 Å². The number of anilines is 1. The molecule has 0 amide bonds. The number of nitrogen functional groups attached to an aromatic ring is 1. The van der Waals surface area contributed by atoms with E-state index in [4.69, 9.17) is 10.5 Å². The number of nitrogens with two attached hydrogens (primary N) is 1. The Morgan fingerprint density at radius 3 is 2.86 bits per heavy atom. The standard InChI is InChI=1S/C12H15FN4O4/c1-3-4-12(13)8(19)7(6(2)18)21-9(12)17-5-15-10(14)16-11(17)20/h5-9,18-19H,1-2H3,(H2,14,16,20)/t6-,7+,8?,9+,12+/m0/s1. The molecule has 8 nitrogen and oxygen atoms in total. The summed E-state index contributed by atoms with van der Waals surface area (Å²) in [5, 5.41) is 19.6. The van der Waals surface area contributed by atoms with Crippen molar-refractivity contribution in [2.75, 3.05) is 5.73 Å². The number of aliphatic hydroxyl groups excluding tert-OH is 2. The van der Waals surface area contributed by atoms with Crippen molar-refractivity contribution in [3.8, 4) is 11.8 Å². The minimum absolute atomic E-state index is 0.270. The van der Waals surface area contributed by atoms with Gasteiger partial charge in [-0.25, -0.2) is 14.2 Å². The van der Waals surface area contributed by atoms with E-state index in [0.29, 0.717) is 0 Å². The molecule has 4 N–H and O–H groups in total. The van der Waals surface area contributed by atoms with Crippen molar-refractivity contribution in [1.82, 2.24) is 14.5 Å². The maximum absolute atomic E-state index is 15.0. The number of alkyl halides is 1. The van der Waals surface area contributed by atoms with Crippen LogP contribution in [-0.2, 0) is 4.74 Å². The highest BCUT2D eigenvalue weighted by atomic mass is 19.1. The van der Waals surface area contributed by atoms with Gasteiger partial charge in [-0.15, -0.1) is 5.92 Å². The molecule has 0 bridgehead atoms. The number of ether oxygens (including phenoxy) is 1. The Kier molecular flexibility index (Phi) is 3.95. The monoisotopic (exact) mass is 298 g/mol. The Morgan fingerprint density at radius 2 is 2.33 bits per heavy atom. The predicted octanol–water partition coefficient (Wildman–Crippen LogP) is -1.41. The largest absolute Gasteiger partial charge is 0.391 e. The summed E-state index contributed by atoms with van der Waals surface area (Å²) in [6.07, 6.45) is -4.78. The van der Waals surface area contributed by atoms with Crippen LogP contribution in [0.2, 0.25) is 0 Å². The summed E-state index contributed by atoms with van der Waals surface area (Å²) < 4.78 is 21.1. The summed E-state index contributed by atoms with van der Waals surface area (Å²) in [6.45, 7) is 2.71. The lowest BCUT2D eigenvalue weighted by molar-refractivity contribution is -0.0806. The van der Waals surface area contributed by atoms with Gasteiger partial charge in [0.1, 0.15) is 18.5 Å². The highest BCUT2D eigenvalue weighted by Crippen LogP contribution is 2.41. The molecule has 1 aromatic heterocycles. The lowest BCUT2D eigenvalue weighted by atomic mass is 9.94. The van der Waals surface area contributed by atoms with Gasteiger partial charge in [0.05, 0.1) is 6.10 Å². The first-order valence-electron chi connectivity index (χ1n) is 6.16. The van der Waals surface area contributed by atoms with E-state index in [-0.39, 0.29) is 5.95 Å². The quantitative estimate of drug-likeness (QED) is 0.573. The average molecular weight is 298 g/mol. The molecule has 1 aromatic rings. The third-order valence-corrected chi connectivity index (χ3v) is 3.18. The fourth-order valence-corrected chi connectivity index (χ4v) is 2.20. The Labute approximate surface area is 119 Å². The number of hydrogen-bond acceptors (Lipinski definition) is 7. The molecule has 1 unspecified atom stereocenters. The first kappa shape index (κ1) is 15.4. The summed E-state index contributed by atoms with van der Waals surface area (Å²) in [4.78, 5) is 18.8. The number of rotatable bonds is 2. The summed E-state index contributed by atoms with van der Waals surface area (Å²) in [5.41, 5.74) is 1.79. The molecule has 1 fully saturated rings. The molecule has 0 radical (unpaired) electrons. The first-order valence-corrected chi connectivity index (χ1v) is 6.16. The molecule has 114 valence electrons. The zero-order chi connectivity index (χ0) is 15.8. The second-order valence-electron chi connectivity index (χ2n) is 4.69. The number of nitrogens with zero attached hydrogens (tertiary/aromatic N) is 3. The molecule has 1 aliphatic heterocycles. The van der Waals surface area contributed by atoms with Gasteiger partial charge in [-0.3, -0.25) is 4.57 Å². The molecule has 2 heterocycles. The van der Waals surface area contributed by atoms with E-state index in [9.17, 15) is 15.0 Å². The Morgan fingerprint density at radius 1 is 1.67 bits per heavy atom. The molecule has 5 atom stereocenters. The summed E-state index contributed by atoms with van der Waals surface area (Å²) in [5.74, 6) is 4.27. The summed E-state index contributed by atoms with van der Waals surface area (Å²) >= 11 is 0. The van der Waals surface area contributed by atoms with Crippen LogP contribution in [0, 0.1) is 11.8 Å². The second-order valence-corrected chi connectivity index (χ2v) is 4.69. The van der Waals surface area contributed by atoms with Crippen LogP contribution in [0.25, 0.3) is 0 Å². The van der Waals surface area contributed by atoms with Crippen molar-refractivity contribution in [3.63, 3.8) is 0 Å². The van der Waals surface area contributed by atoms with E-state index < -0.39 is 35.9 Å². The smallest absolute Gasteiger partial charge is 0.354 e. The highest BCUT2D eigenvalue weighted by molar-refractivity contribution is 5.23. The molecular weight excluding hydrogens is 283 g/mol. The van der Waals surface area contributed by atoms with Crippen LogP contribution < -0.4 is 11.4 Å². The zero-order valence-electron chi connectivity index (χ0n) is 11.4. The molecule has 1 saturated heterocycles. The lowest BCUT2D eigenvalue weighted by Gasteiger charge is -2.23. The first-order chi connectivity index (χ1) is 9.81. The van der Waals surface area contributed by atoms with Gasteiger partial charge in [-0.05, 0) is 13.8 Å². The van der Waals surface area contributed by atoms with Crippen molar-refractivity contribution >= 4 is 5.95 Å². The topological polar surface area (TPSA) is 123 Å². The minimum Gasteiger partial charge on any atom is -0.391 e. The third-order valence-electron chi connectivity index (χ3n) is 3.18. The van der Waals surface area contributed by atoms with E-state index in [0.717, 1.165) is 10.9 Å². The van der Waals surface area contributed by atoms with Crippen LogP contribution in [0.4, 0.5) is 10.3 Å². The molecular formula is C12H15FN4O4. The Balaban J connectivity index is 2.54. The maximum Gasteiger partial charge on any atom is 0.354 e. The second kappa shape index (κ2) is 5.40. The van der Waals surface area contributed by atoms with Crippen molar-refractivity contribution in [1.29, 1.82) is 0 Å². The molecule has 0 spiro atoms. The lowest BCUT2D eigenvalue weighted by Crippen LogP contribution is -2.45. The molecule has 0 aromatic carbocycles. The van der Waals surface area contributed by atoms with Crippen molar-refractivity contribution in [3.05, 3.63) is 16.8 Å². The number of aliphatic hydroxyl groups is 2. The Hall–Kier alpha value is -2.02. The van der Waals surface area contributed by atoms with Crippen molar-refractivity contribution in [2.45, 2.75) is 44.1 Å². The van der Waals surface area contributed by atoms with Gasteiger partial charge >= 0.3 is 5.69 Å². The number of hydrogen-bond donors (Lipinski definition) is 3. The van der Waals surface area contributed by atoms with Gasteiger partial charge < -0.3 is 20.7 Å². The fourth-order valence-electron chi connectivity index (χ4n) is 2.20. The van der Waals surface area contributed by atoms with Gasteiger partial charge in [0.15, 0.2) is 6.23 Å².